The first-order chi connectivity index (χ1) is 11.1. The Morgan fingerprint density at radius 3 is 2.57 bits per heavy atom. The maximum atomic E-state index is 13.1. The molecule has 3 aromatic rings. The first-order valence-electron chi connectivity index (χ1n) is 6.85. The van der Waals surface area contributed by atoms with Crippen LogP contribution in [0.4, 0.5) is 5.69 Å². The van der Waals surface area contributed by atoms with E-state index in [1.807, 2.05) is 0 Å². The molecule has 0 saturated carbocycles. The molecule has 8 heteroatoms. The van der Waals surface area contributed by atoms with Crippen LogP contribution in [0.15, 0.2) is 59.6 Å². The third-order valence-corrected chi connectivity index (χ3v) is 5.77. The fraction of sp³-hybridized carbons (Fsp3) is 0.0667. The molecule has 0 fully saturated rings. The fourth-order valence-electron chi connectivity index (χ4n) is 2.61. The van der Waals surface area contributed by atoms with Gasteiger partial charge in [0, 0.05) is 5.02 Å². The topological polar surface area (TPSA) is 68.1 Å². The lowest BCUT2D eigenvalue weighted by molar-refractivity contribution is 0.591. The van der Waals surface area contributed by atoms with Crippen molar-refractivity contribution in [3.8, 4) is 5.69 Å². The molecule has 0 saturated heterocycles. The van der Waals surface area contributed by atoms with Crippen molar-refractivity contribution >= 4 is 27.3 Å². The van der Waals surface area contributed by atoms with Gasteiger partial charge in [-0.15, -0.1) is 5.10 Å². The van der Waals surface area contributed by atoms with Gasteiger partial charge in [-0.25, -0.2) is 13.1 Å². The lowest BCUT2D eigenvalue weighted by Gasteiger charge is -2.22. The van der Waals surface area contributed by atoms with E-state index in [9.17, 15) is 8.42 Å². The molecule has 0 bridgehead atoms. The van der Waals surface area contributed by atoms with Gasteiger partial charge >= 0.3 is 0 Å². The number of anilines is 1. The molecule has 6 nitrogen and oxygen atoms in total. The van der Waals surface area contributed by atoms with Crippen molar-refractivity contribution in [1.82, 2.24) is 15.0 Å². The smallest absolute Gasteiger partial charge is 0.260 e. The number of para-hydroxylation sites is 1. The maximum Gasteiger partial charge on any atom is 0.266 e. The molecule has 1 aliphatic heterocycles. The molecule has 0 spiro atoms. The van der Waals surface area contributed by atoms with E-state index in [1.165, 1.54) is 4.31 Å². The Bertz CT molecular complexity index is 983. The molecule has 2 heterocycles. The lowest BCUT2D eigenvalue weighted by Crippen LogP contribution is -2.29. The van der Waals surface area contributed by atoms with E-state index < -0.39 is 10.0 Å². The van der Waals surface area contributed by atoms with Crippen molar-refractivity contribution in [3.63, 3.8) is 0 Å². The summed E-state index contributed by atoms with van der Waals surface area (Å²) in [6, 6.07) is 13.5. The van der Waals surface area contributed by atoms with Gasteiger partial charge in [-0.3, -0.25) is 4.31 Å². The zero-order valence-electron chi connectivity index (χ0n) is 11.8. The van der Waals surface area contributed by atoms with Crippen molar-refractivity contribution in [2.75, 3.05) is 4.31 Å². The Balaban J connectivity index is 1.98. The van der Waals surface area contributed by atoms with Crippen LogP contribution < -0.4 is 4.31 Å². The van der Waals surface area contributed by atoms with E-state index >= 15 is 0 Å². The summed E-state index contributed by atoms with van der Waals surface area (Å²) in [6.07, 6.45) is 1.57. The monoisotopic (exact) mass is 346 g/mol. The summed E-state index contributed by atoms with van der Waals surface area (Å²) >= 11 is 5.91. The van der Waals surface area contributed by atoms with Crippen molar-refractivity contribution in [2.45, 2.75) is 11.4 Å². The second kappa shape index (κ2) is 5.07. The average Bonchev–Trinajstić information content (AvgIpc) is 2.98. The van der Waals surface area contributed by atoms with Crippen molar-refractivity contribution in [3.05, 3.63) is 65.4 Å². The summed E-state index contributed by atoms with van der Waals surface area (Å²) in [4.78, 5) is 0.194. The molecular formula is C15H11ClN4O2S. The molecule has 4 rings (SSSR count). The number of fused-ring (bicyclic) bond motifs is 3. The molecule has 0 unspecified atom stereocenters. The first kappa shape index (κ1) is 14.2. The zero-order chi connectivity index (χ0) is 16.0. The van der Waals surface area contributed by atoms with Crippen LogP contribution in [-0.2, 0) is 16.6 Å². The molecule has 0 aliphatic carbocycles. The van der Waals surface area contributed by atoms with Crippen LogP contribution in [-0.4, -0.2) is 23.4 Å². The average molecular weight is 347 g/mol. The SMILES string of the molecule is O=S1(=O)c2ccccc2-n2nncc2CN1c1ccc(Cl)cc1. The van der Waals surface area contributed by atoms with Crippen LogP contribution in [0.5, 0.6) is 0 Å². The number of hydrogen-bond donors (Lipinski definition) is 0. The quantitative estimate of drug-likeness (QED) is 0.679. The zero-order valence-corrected chi connectivity index (χ0v) is 13.4. The number of rotatable bonds is 1. The molecule has 0 atom stereocenters. The molecule has 2 aromatic carbocycles. The van der Waals surface area contributed by atoms with Crippen molar-refractivity contribution in [1.29, 1.82) is 0 Å². The van der Waals surface area contributed by atoms with Crippen LogP contribution in [0.3, 0.4) is 0 Å². The highest BCUT2D eigenvalue weighted by molar-refractivity contribution is 7.93. The molecule has 0 amide bonds. The van der Waals surface area contributed by atoms with Crippen molar-refractivity contribution in [2.24, 2.45) is 0 Å². The van der Waals surface area contributed by atoms with Crippen LogP contribution in [0.2, 0.25) is 5.02 Å². The van der Waals surface area contributed by atoms with E-state index in [2.05, 4.69) is 10.3 Å². The minimum Gasteiger partial charge on any atom is -0.260 e. The Kier molecular flexibility index (Phi) is 3.14. The van der Waals surface area contributed by atoms with Crippen molar-refractivity contribution < 1.29 is 8.42 Å². The minimum atomic E-state index is -3.72. The molecule has 1 aromatic heterocycles. The number of sulfonamides is 1. The summed E-state index contributed by atoms with van der Waals surface area (Å²) in [5.41, 5.74) is 1.73. The standard InChI is InChI=1S/C15H11ClN4O2S/c16-11-5-7-12(8-6-11)19-10-13-9-17-18-20(13)14-3-1-2-4-15(14)23(19,21)22/h1-9H,10H2. The summed E-state index contributed by atoms with van der Waals surface area (Å²) in [5.74, 6) is 0. The van der Waals surface area contributed by atoms with Crippen LogP contribution in [0.25, 0.3) is 5.69 Å². The summed E-state index contributed by atoms with van der Waals surface area (Å²) < 4.78 is 29.1. The predicted octanol–water partition coefficient (Wildman–Crippen LogP) is 2.63. The van der Waals surface area contributed by atoms with Gasteiger partial charge in [0.05, 0.1) is 29.8 Å². The van der Waals surface area contributed by atoms with E-state index in [4.69, 9.17) is 11.6 Å². The number of aromatic nitrogens is 3. The van der Waals surface area contributed by atoms with Crippen LogP contribution >= 0.6 is 11.6 Å². The van der Waals surface area contributed by atoms with Gasteiger partial charge < -0.3 is 0 Å². The maximum absolute atomic E-state index is 13.1. The third-order valence-electron chi connectivity index (χ3n) is 3.70. The summed E-state index contributed by atoms with van der Waals surface area (Å²) in [6.45, 7) is 0.144. The van der Waals surface area contributed by atoms with Gasteiger partial charge in [0.25, 0.3) is 10.0 Å². The van der Waals surface area contributed by atoms with Gasteiger partial charge in [-0.1, -0.05) is 28.9 Å². The molecule has 1 aliphatic rings. The molecule has 116 valence electrons. The highest BCUT2D eigenvalue weighted by Gasteiger charge is 2.33. The molecule has 0 N–H and O–H groups in total. The Morgan fingerprint density at radius 2 is 1.78 bits per heavy atom. The van der Waals surface area contributed by atoms with Gasteiger partial charge in [0.2, 0.25) is 0 Å². The second-order valence-corrected chi connectivity index (χ2v) is 7.36. The Labute approximate surface area is 138 Å². The van der Waals surface area contributed by atoms with Gasteiger partial charge in [-0.05, 0) is 36.4 Å². The number of benzene rings is 2. The molecule has 23 heavy (non-hydrogen) atoms. The van der Waals surface area contributed by atoms with Gasteiger partial charge in [0.15, 0.2) is 0 Å². The second-order valence-electron chi connectivity index (χ2n) is 5.09. The van der Waals surface area contributed by atoms with Crippen LogP contribution in [0, 0.1) is 0 Å². The predicted molar refractivity (Wildman–Crippen MR) is 86.2 cm³/mol. The van der Waals surface area contributed by atoms with Crippen LogP contribution in [0.1, 0.15) is 5.69 Å². The Morgan fingerprint density at radius 1 is 1.04 bits per heavy atom. The minimum absolute atomic E-state index is 0.144. The normalized spacial score (nSPS) is 15.6. The van der Waals surface area contributed by atoms with E-state index in [1.54, 1.807) is 59.4 Å². The highest BCUT2D eigenvalue weighted by Crippen LogP contribution is 2.33. The first-order valence-corrected chi connectivity index (χ1v) is 8.66. The number of halogens is 1. The van der Waals surface area contributed by atoms with Gasteiger partial charge in [0.1, 0.15) is 4.90 Å². The van der Waals surface area contributed by atoms with E-state index in [0.717, 1.165) is 0 Å². The molecule has 0 radical (unpaired) electrons. The summed E-state index contributed by atoms with van der Waals surface area (Å²) in [7, 11) is -3.72. The number of nitrogens with zero attached hydrogens (tertiary/aromatic N) is 4. The molecular weight excluding hydrogens is 336 g/mol. The number of hydrogen-bond acceptors (Lipinski definition) is 4. The highest BCUT2D eigenvalue weighted by atomic mass is 35.5. The van der Waals surface area contributed by atoms with E-state index in [0.29, 0.717) is 22.1 Å². The summed E-state index contributed by atoms with van der Waals surface area (Å²) in [5, 5.41) is 8.47. The lowest BCUT2D eigenvalue weighted by atomic mass is 10.3. The van der Waals surface area contributed by atoms with E-state index in [-0.39, 0.29) is 11.4 Å². The Hall–Kier alpha value is -2.38. The fourth-order valence-corrected chi connectivity index (χ4v) is 4.34. The third kappa shape index (κ3) is 2.20. The van der Waals surface area contributed by atoms with Gasteiger partial charge in [-0.2, -0.15) is 0 Å². The largest absolute Gasteiger partial charge is 0.266 e.